The molecule has 4 aromatic heterocycles. The first-order valence-electron chi connectivity index (χ1n) is 6.37. The van der Waals surface area contributed by atoms with E-state index in [0.717, 1.165) is 33.0 Å². The zero-order valence-electron chi connectivity index (χ0n) is 11.6. The van der Waals surface area contributed by atoms with Crippen molar-refractivity contribution in [2.75, 3.05) is 5.32 Å². The lowest BCUT2D eigenvalue weighted by Gasteiger charge is -2.00. The molecule has 0 amide bonds. The molecule has 0 aliphatic carbocycles. The summed E-state index contributed by atoms with van der Waals surface area (Å²) in [5.74, 6) is 0.795. The maximum Gasteiger partial charge on any atom is 0.194 e. The summed E-state index contributed by atoms with van der Waals surface area (Å²) < 4.78 is 2.08. The van der Waals surface area contributed by atoms with Crippen LogP contribution in [0.3, 0.4) is 0 Å². The number of thiazole rings is 2. The van der Waals surface area contributed by atoms with Gasteiger partial charge in [0.15, 0.2) is 10.1 Å². The summed E-state index contributed by atoms with van der Waals surface area (Å²) in [4.78, 5) is 14.4. The summed E-state index contributed by atoms with van der Waals surface area (Å²) in [7, 11) is 0. The second-order valence-electron chi connectivity index (χ2n) is 4.48. The predicted octanol–water partition coefficient (Wildman–Crippen LogP) is 4.54. The number of nitrogens with one attached hydrogen (secondary N) is 1. The van der Waals surface area contributed by atoms with Crippen LogP contribution in [0.5, 0.6) is 0 Å². The number of fused-ring (bicyclic) bond motifs is 1. The van der Waals surface area contributed by atoms with Gasteiger partial charge in [0.1, 0.15) is 11.5 Å². The van der Waals surface area contributed by atoms with E-state index in [2.05, 4.69) is 24.7 Å². The lowest BCUT2D eigenvalue weighted by atomic mass is 10.3. The fourth-order valence-corrected chi connectivity index (χ4v) is 3.65. The molecule has 0 saturated carbocycles. The number of imidazole rings is 1. The van der Waals surface area contributed by atoms with E-state index in [0.29, 0.717) is 0 Å². The first-order chi connectivity index (χ1) is 10.3. The molecule has 0 radical (unpaired) electrons. The molecule has 0 atom stereocenters. The van der Waals surface area contributed by atoms with Gasteiger partial charge in [-0.1, -0.05) is 6.07 Å². The molecular formula is C14H12BrN5S2. The van der Waals surface area contributed by atoms with Crippen LogP contribution in [0, 0.1) is 6.92 Å². The third kappa shape index (κ3) is 2.65. The fraction of sp³-hybridized carbons (Fsp3) is 0.0714. The summed E-state index contributed by atoms with van der Waals surface area (Å²) in [6.45, 7) is 2.01. The van der Waals surface area contributed by atoms with Gasteiger partial charge in [-0.15, -0.1) is 39.7 Å². The highest BCUT2D eigenvalue weighted by molar-refractivity contribution is 8.93. The third-order valence-corrected chi connectivity index (χ3v) is 4.60. The number of aryl methyl sites for hydroxylation is 1. The van der Waals surface area contributed by atoms with Crippen LogP contribution in [0.25, 0.3) is 16.3 Å². The Morgan fingerprint density at radius 2 is 2.09 bits per heavy atom. The minimum absolute atomic E-state index is 0. The molecule has 8 heteroatoms. The molecule has 1 N–H and O–H groups in total. The molecule has 4 aromatic rings. The molecule has 0 spiro atoms. The second-order valence-corrected chi connectivity index (χ2v) is 6.21. The van der Waals surface area contributed by atoms with Crippen LogP contribution in [0.2, 0.25) is 0 Å². The molecule has 22 heavy (non-hydrogen) atoms. The minimum Gasteiger partial charge on any atom is -0.316 e. The van der Waals surface area contributed by atoms with E-state index in [1.165, 1.54) is 0 Å². The average molecular weight is 394 g/mol. The van der Waals surface area contributed by atoms with Gasteiger partial charge >= 0.3 is 0 Å². The van der Waals surface area contributed by atoms with E-state index in [9.17, 15) is 0 Å². The quantitative estimate of drug-likeness (QED) is 0.554. The Bertz CT molecular complexity index is 896. The number of hydrogen-bond donors (Lipinski definition) is 1. The zero-order valence-corrected chi connectivity index (χ0v) is 14.9. The van der Waals surface area contributed by atoms with E-state index < -0.39 is 0 Å². The van der Waals surface area contributed by atoms with Crippen molar-refractivity contribution in [2.24, 2.45) is 0 Å². The Kier molecular flexibility index (Phi) is 4.23. The Morgan fingerprint density at radius 1 is 1.18 bits per heavy atom. The predicted molar refractivity (Wildman–Crippen MR) is 96.8 cm³/mol. The van der Waals surface area contributed by atoms with Crippen LogP contribution in [0.15, 0.2) is 41.4 Å². The van der Waals surface area contributed by atoms with Gasteiger partial charge in [-0.2, -0.15) is 0 Å². The molecule has 4 heterocycles. The summed E-state index contributed by atoms with van der Waals surface area (Å²) in [6.07, 6.45) is 3.79. The third-order valence-electron chi connectivity index (χ3n) is 3.08. The molecule has 112 valence electrons. The molecule has 4 rings (SSSR count). The first kappa shape index (κ1) is 15.1. The van der Waals surface area contributed by atoms with Gasteiger partial charge in [-0.05, 0) is 19.1 Å². The van der Waals surface area contributed by atoms with Crippen LogP contribution in [0.4, 0.5) is 10.9 Å². The first-order valence-corrected chi connectivity index (χ1v) is 8.13. The number of hydrogen-bond acceptors (Lipinski definition) is 6. The van der Waals surface area contributed by atoms with Gasteiger partial charge in [0.25, 0.3) is 0 Å². The van der Waals surface area contributed by atoms with E-state index in [1.54, 1.807) is 28.9 Å². The van der Waals surface area contributed by atoms with Crippen molar-refractivity contribution in [1.29, 1.82) is 0 Å². The molecular weight excluding hydrogens is 382 g/mol. The number of anilines is 2. The molecule has 0 bridgehead atoms. The van der Waals surface area contributed by atoms with Crippen molar-refractivity contribution < 1.29 is 0 Å². The number of halogens is 1. The number of nitrogens with zero attached hydrogens (tertiary/aromatic N) is 4. The molecule has 0 fully saturated rings. The number of pyridine rings is 1. The van der Waals surface area contributed by atoms with Crippen LogP contribution in [-0.4, -0.2) is 19.4 Å². The van der Waals surface area contributed by atoms with Crippen molar-refractivity contribution in [3.63, 3.8) is 0 Å². The molecule has 0 unspecified atom stereocenters. The van der Waals surface area contributed by atoms with Gasteiger partial charge in [0.05, 0.1) is 11.4 Å². The summed E-state index contributed by atoms with van der Waals surface area (Å²) in [6, 6.07) is 5.75. The number of rotatable bonds is 3. The van der Waals surface area contributed by atoms with Crippen LogP contribution >= 0.6 is 39.7 Å². The summed E-state index contributed by atoms with van der Waals surface area (Å²) in [5.41, 5.74) is 2.98. The minimum atomic E-state index is 0. The van der Waals surface area contributed by atoms with Gasteiger partial charge in [-0.3, -0.25) is 4.40 Å². The molecule has 0 saturated heterocycles. The highest BCUT2D eigenvalue weighted by Gasteiger charge is 2.14. The van der Waals surface area contributed by atoms with E-state index in [4.69, 9.17) is 0 Å². The fourth-order valence-electron chi connectivity index (χ4n) is 2.19. The highest BCUT2D eigenvalue weighted by Crippen LogP contribution is 2.30. The van der Waals surface area contributed by atoms with Crippen LogP contribution in [0.1, 0.15) is 5.69 Å². The largest absolute Gasteiger partial charge is 0.316 e. The smallest absolute Gasteiger partial charge is 0.194 e. The van der Waals surface area contributed by atoms with Gasteiger partial charge in [0.2, 0.25) is 0 Å². The molecule has 0 aliphatic rings. The summed E-state index contributed by atoms with van der Waals surface area (Å²) >= 11 is 3.19. The Balaban J connectivity index is 0.00000144. The monoisotopic (exact) mass is 393 g/mol. The van der Waals surface area contributed by atoms with E-state index >= 15 is 0 Å². The normalized spacial score (nSPS) is 10.6. The second kappa shape index (κ2) is 6.15. The standard InChI is InChI=1S/C14H11N5S2.BrH/c1-9-12(19-6-7-20-14(19)16-9)10-8-21-13(17-10)18-11-4-2-3-5-15-11;/h2-8H,1H3,(H,15,17,18);1H. The summed E-state index contributed by atoms with van der Waals surface area (Å²) in [5, 5.41) is 8.12. The van der Waals surface area contributed by atoms with Crippen molar-refractivity contribution in [2.45, 2.75) is 6.92 Å². The van der Waals surface area contributed by atoms with Crippen LogP contribution in [-0.2, 0) is 0 Å². The van der Waals surface area contributed by atoms with Crippen molar-refractivity contribution >= 4 is 55.6 Å². The highest BCUT2D eigenvalue weighted by atomic mass is 79.9. The van der Waals surface area contributed by atoms with Gasteiger partial charge < -0.3 is 5.32 Å². The Morgan fingerprint density at radius 3 is 2.91 bits per heavy atom. The molecule has 0 aliphatic heterocycles. The molecule has 0 aromatic carbocycles. The maximum absolute atomic E-state index is 4.65. The molecule has 5 nitrogen and oxygen atoms in total. The lowest BCUT2D eigenvalue weighted by molar-refractivity contribution is 1.20. The Labute approximate surface area is 145 Å². The van der Waals surface area contributed by atoms with Gasteiger partial charge in [0, 0.05) is 23.2 Å². The average Bonchev–Trinajstić information content (AvgIpc) is 3.16. The zero-order chi connectivity index (χ0) is 14.2. The SMILES string of the molecule is Br.Cc1nc2sccn2c1-c1csc(Nc2ccccn2)n1. The van der Waals surface area contributed by atoms with Crippen molar-refractivity contribution in [3.8, 4) is 11.4 Å². The van der Waals surface area contributed by atoms with Crippen molar-refractivity contribution in [1.82, 2.24) is 19.4 Å². The topological polar surface area (TPSA) is 55.1 Å². The number of aromatic nitrogens is 4. The van der Waals surface area contributed by atoms with Crippen LogP contribution < -0.4 is 5.32 Å². The van der Waals surface area contributed by atoms with Crippen molar-refractivity contribution in [3.05, 3.63) is 47.0 Å². The van der Waals surface area contributed by atoms with E-state index in [1.807, 2.05) is 42.1 Å². The Hall–Kier alpha value is -1.77. The van der Waals surface area contributed by atoms with Gasteiger partial charge in [-0.25, -0.2) is 15.0 Å². The maximum atomic E-state index is 4.65. The lowest BCUT2D eigenvalue weighted by Crippen LogP contribution is -1.92. The van der Waals surface area contributed by atoms with E-state index in [-0.39, 0.29) is 17.0 Å².